The van der Waals surface area contributed by atoms with Gasteiger partial charge in [0.1, 0.15) is 6.04 Å². The summed E-state index contributed by atoms with van der Waals surface area (Å²) in [6.07, 6.45) is 1.46. The lowest BCUT2D eigenvalue weighted by atomic mass is 9.93. The number of halogens is 1. The fraction of sp³-hybridized carbons (Fsp3) is 0.400. The second-order valence-corrected chi connectivity index (χ2v) is 11.5. The fourth-order valence-corrected chi connectivity index (χ4v) is 5.48. The van der Waals surface area contributed by atoms with Gasteiger partial charge in [-0.2, -0.15) is 5.10 Å². The van der Waals surface area contributed by atoms with Crippen LogP contribution >= 0.6 is 11.6 Å². The summed E-state index contributed by atoms with van der Waals surface area (Å²) < 4.78 is 11.3. The number of nitrogens with zero attached hydrogens (tertiary/aromatic N) is 2. The van der Waals surface area contributed by atoms with E-state index in [1.807, 2.05) is 32.0 Å². The van der Waals surface area contributed by atoms with Crippen molar-refractivity contribution >= 4 is 23.4 Å². The number of aryl methyl sites for hydroxylation is 2. The summed E-state index contributed by atoms with van der Waals surface area (Å²) in [4.78, 5) is 41.2. The first-order chi connectivity index (χ1) is 19.3. The van der Waals surface area contributed by atoms with Gasteiger partial charge in [-0.15, -0.1) is 0 Å². The summed E-state index contributed by atoms with van der Waals surface area (Å²) in [6, 6.07) is 10.8. The molecule has 1 aliphatic heterocycles. The van der Waals surface area contributed by atoms with E-state index in [4.69, 9.17) is 26.8 Å². The van der Waals surface area contributed by atoms with Crippen LogP contribution in [-0.2, 0) is 4.79 Å². The SMILES string of the molecule is COc1cc(C(=O)N[C@H](C)C(=O)N2[C@H](c3cccc(Cl)c3)CC[C@@H]2C(C)(C)N)cc(C)c1Oc1cc(C)n[nH]c1=O. The molecule has 0 aliphatic carbocycles. The highest BCUT2D eigenvalue weighted by Gasteiger charge is 2.45. The maximum Gasteiger partial charge on any atom is 0.307 e. The van der Waals surface area contributed by atoms with Crippen molar-refractivity contribution in [2.24, 2.45) is 5.73 Å². The van der Waals surface area contributed by atoms with Gasteiger partial charge in [-0.3, -0.25) is 14.4 Å². The maximum atomic E-state index is 13.9. The molecule has 0 saturated carbocycles. The van der Waals surface area contributed by atoms with Gasteiger partial charge in [0.2, 0.25) is 5.91 Å². The van der Waals surface area contributed by atoms with Crippen LogP contribution in [0.3, 0.4) is 0 Å². The van der Waals surface area contributed by atoms with Gasteiger partial charge in [-0.05, 0) is 82.9 Å². The van der Waals surface area contributed by atoms with Crippen molar-refractivity contribution in [3.63, 3.8) is 0 Å². The highest BCUT2D eigenvalue weighted by atomic mass is 35.5. The number of ether oxygens (including phenoxy) is 2. The number of nitrogens with one attached hydrogen (secondary N) is 2. The number of aromatic nitrogens is 2. The lowest BCUT2D eigenvalue weighted by Crippen LogP contribution is -2.57. The third-order valence-corrected chi connectivity index (χ3v) is 7.52. The van der Waals surface area contributed by atoms with Crippen LogP contribution in [0.15, 0.2) is 47.3 Å². The molecular weight excluding hydrogens is 546 g/mol. The maximum absolute atomic E-state index is 13.9. The van der Waals surface area contributed by atoms with Gasteiger partial charge in [0.05, 0.1) is 18.8 Å². The molecule has 0 unspecified atom stereocenters. The molecule has 41 heavy (non-hydrogen) atoms. The van der Waals surface area contributed by atoms with Crippen LogP contribution in [0, 0.1) is 13.8 Å². The minimum Gasteiger partial charge on any atom is -0.493 e. The molecule has 3 aromatic rings. The van der Waals surface area contributed by atoms with Crippen molar-refractivity contribution in [3.05, 3.63) is 80.2 Å². The largest absolute Gasteiger partial charge is 0.493 e. The number of hydrogen-bond donors (Lipinski definition) is 3. The van der Waals surface area contributed by atoms with Crippen molar-refractivity contribution in [2.75, 3.05) is 7.11 Å². The van der Waals surface area contributed by atoms with E-state index in [2.05, 4.69) is 15.5 Å². The molecule has 3 atom stereocenters. The minimum absolute atomic E-state index is 0.0487. The molecule has 0 spiro atoms. The number of nitrogens with two attached hydrogens (primary N) is 1. The van der Waals surface area contributed by atoms with Crippen molar-refractivity contribution in [1.29, 1.82) is 0 Å². The van der Waals surface area contributed by atoms with Crippen molar-refractivity contribution < 1.29 is 19.1 Å². The topological polar surface area (TPSA) is 140 Å². The van der Waals surface area contributed by atoms with Gasteiger partial charge in [0.25, 0.3) is 5.91 Å². The van der Waals surface area contributed by atoms with Crippen molar-refractivity contribution in [3.8, 4) is 17.2 Å². The van der Waals surface area contributed by atoms with E-state index >= 15 is 0 Å². The van der Waals surface area contributed by atoms with Gasteiger partial charge in [-0.1, -0.05) is 23.7 Å². The molecule has 2 aromatic carbocycles. The molecule has 1 fully saturated rings. The van der Waals surface area contributed by atoms with Gasteiger partial charge in [0.15, 0.2) is 17.2 Å². The van der Waals surface area contributed by atoms with Crippen LogP contribution in [0.5, 0.6) is 17.2 Å². The molecule has 1 aromatic heterocycles. The van der Waals surface area contributed by atoms with Crippen LogP contribution in [0.25, 0.3) is 0 Å². The second-order valence-electron chi connectivity index (χ2n) is 11.1. The normalized spacial score (nSPS) is 17.7. The highest BCUT2D eigenvalue weighted by molar-refractivity contribution is 6.30. The third kappa shape index (κ3) is 6.55. The number of methoxy groups -OCH3 is 1. The molecule has 2 amide bonds. The number of carbonyl (C=O) groups is 2. The zero-order valence-electron chi connectivity index (χ0n) is 24.1. The van der Waals surface area contributed by atoms with Crippen molar-refractivity contribution in [1.82, 2.24) is 20.4 Å². The summed E-state index contributed by atoms with van der Waals surface area (Å²) in [5.74, 6) is -0.0986. The standard InChI is InChI=1S/C30H36ClN5O5/c1-16-12-20(15-23(40-6)26(16)41-24-13-17(2)34-35-28(24)38)27(37)33-18(3)29(39)36-22(10-11-25(36)30(4,5)32)19-8-7-9-21(31)14-19/h7-9,12-15,18,22,25H,10-11,32H2,1-6H3,(H,33,37)(H,35,38)/t18-,22+,25-/m1/s1. The quantitative estimate of drug-likeness (QED) is 0.357. The van der Waals surface area contributed by atoms with E-state index in [-0.39, 0.29) is 35.1 Å². The summed E-state index contributed by atoms with van der Waals surface area (Å²) in [6.45, 7) is 8.93. The van der Waals surface area contributed by atoms with E-state index in [9.17, 15) is 14.4 Å². The van der Waals surface area contributed by atoms with Gasteiger partial charge >= 0.3 is 5.56 Å². The Hall–Kier alpha value is -3.89. The number of carbonyl (C=O) groups excluding carboxylic acids is 2. The lowest BCUT2D eigenvalue weighted by Gasteiger charge is -2.39. The smallest absolute Gasteiger partial charge is 0.307 e. The number of benzene rings is 2. The number of aromatic amines is 1. The van der Waals surface area contributed by atoms with Crippen LogP contribution in [0.1, 0.15) is 66.8 Å². The first kappa shape index (κ1) is 30.1. The number of amides is 2. The molecule has 4 rings (SSSR count). The average Bonchev–Trinajstić information content (AvgIpc) is 3.37. The predicted molar refractivity (Wildman–Crippen MR) is 157 cm³/mol. The average molecular weight is 582 g/mol. The molecule has 4 N–H and O–H groups in total. The lowest BCUT2D eigenvalue weighted by molar-refractivity contribution is -0.137. The molecule has 11 heteroatoms. The van der Waals surface area contributed by atoms with E-state index in [0.29, 0.717) is 22.0 Å². The van der Waals surface area contributed by atoms with E-state index in [0.717, 1.165) is 18.4 Å². The summed E-state index contributed by atoms with van der Waals surface area (Å²) in [5, 5.41) is 9.65. The van der Waals surface area contributed by atoms with Gasteiger partial charge in [0, 0.05) is 28.2 Å². The Kier molecular flexibility index (Phi) is 8.74. The number of H-pyrrole nitrogens is 1. The van der Waals surface area contributed by atoms with Gasteiger partial charge in [-0.25, -0.2) is 5.10 Å². The number of rotatable bonds is 8. The Bertz CT molecular complexity index is 1520. The summed E-state index contributed by atoms with van der Waals surface area (Å²) in [7, 11) is 1.44. The van der Waals surface area contributed by atoms with Crippen LogP contribution in [-0.4, -0.2) is 51.6 Å². The summed E-state index contributed by atoms with van der Waals surface area (Å²) in [5.41, 5.74) is 7.69. The summed E-state index contributed by atoms with van der Waals surface area (Å²) >= 11 is 6.26. The molecule has 0 radical (unpaired) electrons. The van der Waals surface area contributed by atoms with Gasteiger partial charge < -0.3 is 25.4 Å². The monoisotopic (exact) mass is 581 g/mol. The highest BCUT2D eigenvalue weighted by Crippen LogP contribution is 2.41. The predicted octanol–water partition coefficient (Wildman–Crippen LogP) is 4.43. The number of likely N-dealkylation sites (tertiary alicyclic amines) is 1. The first-order valence-electron chi connectivity index (χ1n) is 13.4. The van der Waals surface area contributed by atoms with E-state index < -0.39 is 23.0 Å². The number of hydrogen-bond acceptors (Lipinski definition) is 7. The second kappa shape index (κ2) is 11.9. The van der Waals surface area contributed by atoms with E-state index in [1.165, 1.54) is 19.2 Å². The van der Waals surface area contributed by atoms with Crippen LogP contribution < -0.4 is 26.1 Å². The molecule has 1 aliphatic rings. The van der Waals surface area contributed by atoms with E-state index in [1.54, 1.807) is 37.8 Å². The molecule has 10 nitrogen and oxygen atoms in total. The van der Waals surface area contributed by atoms with Crippen molar-refractivity contribution in [2.45, 2.75) is 71.1 Å². The molecule has 0 bridgehead atoms. The molecular formula is C30H36ClN5O5. The fourth-order valence-electron chi connectivity index (χ4n) is 5.28. The molecule has 2 heterocycles. The zero-order valence-corrected chi connectivity index (χ0v) is 24.8. The Balaban J connectivity index is 1.57. The third-order valence-electron chi connectivity index (χ3n) is 7.28. The molecule has 218 valence electrons. The first-order valence-corrected chi connectivity index (χ1v) is 13.8. The Labute approximate surface area is 244 Å². The van der Waals surface area contributed by atoms with Crippen LogP contribution in [0.2, 0.25) is 5.02 Å². The Morgan fingerprint density at radius 2 is 1.90 bits per heavy atom. The van der Waals surface area contributed by atoms with Crippen LogP contribution in [0.4, 0.5) is 0 Å². The zero-order chi connectivity index (χ0) is 30.1. The molecule has 1 saturated heterocycles. The Morgan fingerprint density at radius 1 is 1.17 bits per heavy atom. The minimum atomic E-state index is -0.840. The Morgan fingerprint density at radius 3 is 2.56 bits per heavy atom.